The van der Waals surface area contributed by atoms with Crippen LogP contribution in [0.25, 0.3) is 11.3 Å². The highest BCUT2D eigenvalue weighted by Crippen LogP contribution is 2.32. The van der Waals surface area contributed by atoms with Gasteiger partial charge in [0.2, 0.25) is 5.91 Å². The Balaban J connectivity index is 1.42. The SMILES string of the molecule is O=C(Nc1ccc(F)cc1)Nc1cc(-c2ccccc2)nn1C1NC(=O)C2CCCC2N1. The van der Waals surface area contributed by atoms with E-state index < -0.39 is 12.3 Å². The first-order valence-electron chi connectivity index (χ1n) is 10.6. The van der Waals surface area contributed by atoms with Crippen molar-refractivity contribution in [2.75, 3.05) is 10.6 Å². The summed E-state index contributed by atoms with van der Waals surface area (Å²) >= 11 is 0. The standard InChI is InChI=1S/C23H23FN6O2/c24-15-9-11-16(12-10-15)25-23(32)27-20-13-19(14-5-2-1-3-6-14)29-30(20)22-26-18-8-4-7-17(18)21(31)28-22/h1-3,5-6,9-13,17-18,22,26H,4,7-8H2,(H,28,31)(H2,25,27,32). The Kier molecular flexibility index (Phi) is 5.32. The number of aromatic nitrogens is 2. The van der Waals surface area contributed by atoms with Crippen LogP contribution in [0.1, 0.15) is 25.6 Å². The fourth-order valence-corrected chi connectivity index (χ4v) is 4.34. The van der Waals surface area contributed by atoms with Crippen molar-refractivity contribution in [3.05, 3.63) is 66.5 Å². The molecule has 5 rings (SSSR count). The van der Waals surface area contributed by atoms with Gasteiger partial charge in [0.15, 0.2) is 6.29 Å². The van der Waals surface area contributed by atoms with Gasteiger partial charge in [-0.2, -0.15) is 5.10 Å². The Hall–Kier alpha value is -3.72. The maximum absolute atomic E-state index is 13.1. The number of benzene rings is 2. The molecular formula is C23H23FN6O2. The molecule has 4 N–H and O–H groups in total. The average Bonchev–Trinajstić information content (AvgIpc) is 3.43. The fourth-order valence-electron chi connectivity index (χ4n) is 4.34. The van der Waals surface area contributed by atoms with Crippen LogP contribution in [0.2, 0.25) is 0 Å². The number of anilines is 2. The Morgan fingerprint density at radius 3 is 2.62 bits per heavy atom. The monoisotopic (exact) mass is 434 g/mol. The second-order valence-corrected chi connectivity index (χ2v) is 8.03. The number of fused-ring (bicyclic) bond motifs is 1. The summed E-state index contributed by atoms with van der Waals surface area (Å²) in [5.74, 6) is -0.00750. The van der Waals surface area contributed by atoms with Gasteiger partial charge in [0.25, 0.3) is 0 Å². The molecule has 1 saturated heterocycles. The van der Waals surface area contributed by atoms with Crippen LogP contribution in [-0.4, -0.2) is 27.8 Å². The minimum Gasteiger partial charge on any atom is -0.322 e. The van der Waals surface area contributed by atoms with Gasteiger partial charge < -0.3 is 10.6 Å². The molecular weight excluding hydrogens is 411 g/mol. The predicted octanol–water partition coefficient (Wildman–Crippen LogP) is 3.68. The molecule has 2 fully saturated rings. The summed E-state index contributed by atoms with van der Waals surface area (Å²) < 4.78 is 14.7. The molecule has 8 nitrogen and oxygen atoms in total. The molecule has 0 spiro atoms. The van der Waals surface area contributed by atoms with Gasteiger partial charge in [-0.3, -0.25) is 15.4 Å². The number of urea groups is 1. The molecule has 3 amide bonds. The van der Waals surface area contributed by atoms with Gasteiger partial charge in [-0.15, -0.1) is 0 Å². The van der Waals surface area contributed by atoms with E-state index in [4.69, 9.17) is 0 Å². The number of amides is 3. The van der Waals surface area contributed by atoms with Crippen LogP contribution in [-0.2, 0) is 4.79 Å². The number of nitrogens with zero attached hydrogens (tertiary/aromatic N) is 2. The molecule has 9 heteroatoms. The number of rotatable bonds is 4. The molecule has 0 bridgehead atoms. The second kappa shape index (κ2) is 8.43. The second-order valence-electron chi connectivity index (χ2n) is 8.03. The number of hydrogen-bond acceptors (Lipinski definition) is 4. The zero-order chi connectivity index (χ0) is 22.1. The first-order valence-corrected chi connectivity index (χ1v) is 10.6. The fraction of sp³-hybridized carbons (Fsp3) is 0.261. The van der Waals surface area contributed by atoms with Crippen molar-refractivity contribution in [3.63, 3.8) is 0 Å². The Morgan fingerprint density at radius 1 is 1.06 bits per heavy atom. The maximum Gasteiger partial charge on any atom is 0.324 e. The summed E-state index contributed by atoms with van der Waals surface area (Å²) in [4.78, 5) is 25.2. The zero-order valence-corrected chi connectivity index (χ0v) is 17.2. The zero-order valence-electron chi connectivity index (χ0n) is 17.2. The average molecular weight is 434 g/mol. The molecule has 164 valence electrons. The van der Waals surface area contributed by atoms with Crippen molar-refractivity contribution < 1.29 is 14.0 Å². The molecule has 2 aromatic carbocycles. The third-order valence-corrected chi connectivity index (χ3v) is 5.90. The highest BCUT2D eigenvalue weighted by atomic mass is 19.1. The van der Waals surface area contributed by atoms with Gasteiger partial charge >= 0.3 is 6.03 Å². The van der Waals surface area contributed by atoms with E-state index in [-0.39, 0.29) is 23.7 Å². The van der Waals surface area contributed by atoms with Gasteiger partial charge in [0.1, 0.15) is 11.6 Å². The number of carbonyl (C=O) groups is 2. The number of hydrogen-bond donors (Lipinski definition) is 4. The number of carbonyl (C=O) groups excluding carboxylic acids is 2. The van der Waals surface area contributed by atoms with Crippen LogP contribution in [0, 0.1) is 11.7 Å². The summed E-state index contributed by atoms with van der Waals surface area (Å²) in [6, 6.07) is 16.4. The van der Waals surface area contributed by atoms with Crippen LogP contribution in [0.4, 0.5) is 20.7 Å². The van der Waals surface area contributed by atoms with Gasteiger partial charge in [0.05, 0.1) is 11.6 Å². The molecule has 3 atom stereocenters. The molecule has 1 aliphatic carbocycles. The van der Waals surface area contributed by atoms with E-state index in [0.717, 1.165) is 24.8 Å². The highest BCUT2D eigenvalue weighted by molar-refractivity contribution is 5.99. The van der Waals surface area contributed by atoms with E-state index >= 15 is 0 Å². The van der Waals surface area contributed by atoms with Crippen molar-refractivity contribution >= 4 is 23.4 Å². The van der Waals surface area contributed by atoms with Crippen molar-refractivity contribution in [1.29, 1.82) is 0 Å². The Bertz CT molecular complexity index is 1130. The first-order chi connectivity index (χ1) is 15.6. The lowest BCUT2D eigenvalue weighted by molar-refractivity contribution is -0.130. The molecule has 1 saturated carbocycles. The van der Waals surface area contributed by atoms with Crippen molar-refractivity contribution in [3.8, 4) is 11.3 Å². The molecule has 0 radical (unpaired) electrons. The van der Waals surface area contributed by atoms with Crippen molar-refractivity contribution in [2.45, 2.75) is 31.6 Å². The van der Waals surface area contributed by atoms with E-state index in [9.17, 15) is 14.0 Å². The van der Waals surface area contributed by atoms with Crippen LogP contribution >= 0.6 is 0 Å². The first kappa shape index (κ1) is 20.2. The van der Waals surface area contributed by atoms with E-state index in [0.29, 0.717) is 17.2 Å². The van der Waals surface area contributed by atoms with Crippen LogP contribution in [0.15, 0.2) is 60.7 Å². The van der Waals surface area contributed by atoms with Gasteiger partial charge in [-0.1, -0.05) is 36.8 Å². The largest absolute Gasteiger partial charge is 0.324 e. The van der Waals surface area contributed by atoms with Gasteiger partial charge in [-0.05, 0) is 37.1 Å². The molecule has 32 heavy (non-hydrogen) atoms. The maximum atomic E-state index is 13.1. The molecule has 1 aromatic heterocycles. The normalized spacial score (nSPS) is 22.2. The van der Waals surface area contributed by atoms with Crippen LogP contribution in [0.3, 0.4) is 0 Å². The van der Waals surface area contributed by atoms with Crippen LogP contribution < -0.4 is 21.3 Å². The number of halogens is 1. The number of nitrogens with one attached hydrogen (secondary N) is 4. The summed E-state index contributed by atoms with van der Waals surface area (Å²) in [5, 5.41) is 16.6. The summed E-state index contributed by atoms with van der Waals surface area (Å²) in [6.07, 6.45) is 2.22. The highest BCUT2D eigenvalue weighted by Gasteiger charge is 2.40. The third kappa shape index (κ3) is 4.06. The van der Waals surface area contributed by atoms with E-state index in [1.165, 1.54) is 24.3 Å². The van der Waals surface area contributed by atoms with Crippen molar-refractivity contribution in [1.82, 2.24) is 20.4 Å². The molecule has 1 aliphatic heterocycles. The van der Waals surface area contributed by atoms with E-state index in [1.54, 1.807) is 10.7 Å². The lowest BCUT2D eigenvalue weighted by Gasteiger charge is -2.34. The Labute approximate surface area is 184 Å². The lowest BCUT2D eigenvalue weighted by atomic mass is 10.0. The van der Waals surface area contributed by atoms with Gasteiger partial charge in [-0.25, -0.2) is 13.9 Å². The van der Waals surface area contributed by atoms with Crippen LogP contribution in [0.5, 0.6) is 0 Å². The summed E-state index contributed by atoms with van der Waals surface area (Å²) in [7, 11) is 0. The minimum atomic E-state index is -0.583. The Morgan fingerprint density at radius 2 is 1.84 bits per heavy atom. The topological polar surface area (TPSA) is 100 Å². The lowest BCUT2D eigenvalue weighted by Crippen LogP contribution is -2.57. The minimum absolute atomic E-state index is 0.00488. The van der Waals surface area contributed by atoms with Crippen molar-refractivity contribution in [2.24, 2.45) is 5.92 Å². The predicted molar refractivity (Wildman–Crippen MR) is 118 cm³/mol. The molecule has 2 aliphatic rings. The quantitative estimate of drug-likeness (QED) is 0.503. The molecule has 3 aromatic rings. The summed E-state index contributed by atoms with van der Waals surface area (Å²) in [6.45, 7) is 0. The van der Waals surface area contributed by atoms with Gasteiger partial charge in [0, 0.05) is 23.4 Å². The molecule has 3 unspecified atom stereocenters. The van der Waals surface area contributed by atoms with E-state index in [1.807, 2.05) is 30.3 Å². The summed E-state index contributed by atoms with van der Waals surface area (Å²) in [5.41, 5.74) is 2.00. The third-order valence-electron chi connectivity index (χ3n) is 5.90. The van der Waals surface area contributed by atoms with E-state index in [2.05, 4.69) is 26.4 Å². The molecule has 2 heterocycles. The smallest absolute Gasteiger partial charge is 0.322 e.